The minimum atomic E-state index is -0.875. The summed E-state index contributed by atoms with van der Waals surface area (Å²) >= 11 is 0. The first kappa shape index (κ1) is 3.48. The lowest BCUT2D eigenvalue weighted by Gasteiger charge is -1.38. The van der Waals surface area contributed by atoms with Crippen molar-refractivity contribution in [3.63, 3.8) is 0 Å². The molecule has 0 N–H and O–H groups in total. The topological polar surface area (TPSA) is 23.8 Å². The van der Waals surface area contributed by atoms with Gasteiger partial charge in [0.05, 0.1) is 0 Å². The number of hydrogen-bond donors (Lipinski definition) is 0. The summed E-state index contributed by atoms with van der Waals surface area (Å²) in [5.74, 6) is 1.26. The van der Waals surface area contributed by atoms with Crippen LogP contribution in [0.25, 0.3) is 0 Å². The van der Waals surface area contributed by atoms with Gasteiger partial charge >= 0.3 is 7.56 Å². The van der Waals surface area contributed by atoms with Gasteiger partial charge in [-0.25, -0.2) is 5.26 Å². The molecule has 0 aliphatic rings. The molecule has 0 aromatic rings. The number of nitriles is 1. The van der Waals surface area contributed by atoms with Crippen molar-refractivity contribution in [3.05, 3.63) is 0 Å². The second kappa shape index (κ2) is 2.48. The van der Waals surface area contributed by atoms with E-state index in [2.05, 4.69) is 0 Å². The second-order valence-electron chi connectivity index (χ2n) is 0.292. The molecule has 0 saturated carbocycles. The monoisotopic (exact) mass is 57.0 g/mol. The highest BCUT2D eigenvalue weighted by atomic mass is 19.1. The smallest absolute Gasteiger partial charge is 0.319 e. The predicted octanol–water partition coefficient (Wildman–Crippen LogP) is -0.212. The molecule has 0 saturated heterocycles. The summed E-state index contributed by atoms with van der Waals surface area (Å²) in [5.41, 5.74) is 0. The molecule has 0 spiro atoms. The Balaban J connectivity index is 2.43. The maximum Gasteiger partial charge on any atom is 0.445 e. The average molecular weight is 56.8 g/mol. The Bertz CT molecular complexity index is 37.8. The van der Waals surface area contributed by atoms with E-state index in [9.17, 15) is 4.32 Å². The molecule has 0 aromatic carbocycles. The highest BCUT2D eigenvalue weighted by molar-refractivity contribution is 6.36. The van der Waals surface area contributed by atoms with Crippen LogP contribution in [0.5, 0.6) is 0 Å². The van der Waals surface area contributed by atoms with E-state index in [1.165, 1.54) is 5.97 Å². The summed E-state index contributed by atoms with van der Waals surface area (Å²) in [7, 11) is -0.875. The fraction of sp³-hybridized carbons (Fsp3) is 0. The van der Waals surface area contributed by atoms with Gasteiger partial charge in [-0.15, -0.1) is 0 Å². The number of hydrogen-bond acceptors (Lipinski definition) is 1. The summed E-state index contributed by atoms with van der Waals surface area (Å²) in [4.78, 5) is 0. The standard InChI is InChI=1S/CHBFN/c3-2-1-4/h2H. The van der Waals surface area contributed by atoms with Gasteiger partial charge in [-0.1, -0.05) is 0 Å². The molecule has 0 amide bonds. The van der Waals surface area contributed by atoms with Crippen LogP contribution in [0.1, 0.15) is 0 Å². The molecule has 1 nitrogen and oxygen atoms in total. The van der Waals surface area contributed by atoms with E-state index < -0.39 is 7.56 Å². The third kappa shape index (κ3) is 1.48. The third-order valence-corrected chi connectivity index (χ3v) is 0.0598. The molecule has 20 valence electrons. The zero-order chi connectivity index (χ0) is 3.41. The van der Waals surface area contributed by atoms with Gasteiger partial charge in [0.1, 0.15) is 0 Å². The molecule has 0 rings (SSSR count). The molecule has 3 heteroatoms. The SMILES string of the molecule is N#CBF. The van der Waals surface area contributed by atoms with E-state index in [0.29, 0.717) is 0 Å². The van der Waals surface area contributed by atoms with E-state index in [-0.39, 0.29) is 0 Å². The molecule has 0 bridgehead atoms. The van der Waals surface area contributed by atoms with Crippen LogP contribution in [0.15, 0.2) is 0 Å². The quantitative estimate of drug-likeness (QED) is 0.353. The van der Waals surface area contributed by atoms with E-state index >= 15 is 0 Å². The van der Waals surface area contributed by atoms with Gasteiger partial charge in [0.2, 0.25) is 0 Å². The van der Waals surface area contributed by atoms with Crippen molar-refractivity contribution in [2.75, 3.05) is 0 Å². The number of halogens is 1. The van der Waals surface area contributed by atoms with E-state index in [1.54, 1.807) is 0 Å². The fourth-order valence-electron chi connectivity index (χ4n) is 0. The maximum atomic E-state index is 10.4. The van der Waals surface area contributed by atoms with Gasteiger partial charge < -0.3 is 4.32 Å². The van der Waals surface area contributed by atoms with Crippen LogP contribution in [0.3, 0.4) is 0 Å². The second-order valence-corrected chi connectivity index (χ2v) is 0.292. The van der Waals surface area contributed by atoms with Crippen LogP contribution in [0.2, 0.25) is 0 Å². The number of rotatable bonds is 0. The largest absolute Gasteiger partial charge is 0.445 e. The van der Waals surface area contributed by atoms with E-state index in [4.69, 9.17) is 5.26 Å². The van der Waals surface area contributed by atoms with Crippen molar-refractivity contribution in [1.29, 1.82) is 5.26 Å². The zero-order valence-electron chi connectivity index (χ0n) is 2.03. The lowest BCUT2D eigenvalue weighted by Crippen LogP contribution is -1.60. The average Bonchev–Trinajstić information content (AvgIpc) is 1.37. The molecule has 0 radical (unpaired) electrons. The molecule has 0 fully saturated rings. The Labute approximate surface area is 24.3 Å². The number of nitrogens with zero attached hydrogens (tertiary/aromatic N) is 1. The first-order valence-electron chi connectivity index (χ1n) is 0.844. The molecule has 0 atom stereocenters. The highest BCUT2D eigenvalue weighted by Gasteiger charge is 1.65. The zero-order valence-corrected chi connectivity index (χ0v) is 2.03. The molecule has 0 aromatic heterocycles. The van der Waals surface area contributed by atoms with Gasteiger partial charge in [-0.3, -0.25) is 0 Å². The highest BCUT2D eigenvalue weighted by Crippen LogP contribution is 1.44. The van der Waals surface area contributed by atoms with Crippen molar-refractivity contribution in [2.45, 2.75) is 0 Å². The van der Waals surface area contributed by atoms with Crippen molar-refractivity contribution in [3.8, 4) is 5.97 Å². The molecule has 0 aliphatic heterocycles. The lowest BCUT2D eigenvalue weighted by atomic mass is 10.1. The molecule has 0 heterocycles. The predicted molar refractivity (Wildman–Crippen MR) is 13.9 cm³/mol. The van der Waals surface area contributed by atoms with Gasteiger partial charge in [0.25, 0.3) is 0 Å². The maximum absolute atomic E-state index is 10.4. The summed E-state index contributed by atoms with van der Waals surface area (Å²) in [5, 5.41) is 7.25. The molecule has 0 aliphatic carbocycles. The van der Waals surface area contributed by atoms with Crippen LogP contribution in [-0.2, 0) is 0 Å². The van der Waals surface area contributed by atoms with E-state index in [1.807, 2.05) is 0 Å². The Morgan fingerprint density at radius 2 is 2.25 bits per heavy atom. The summed E-state index contributed by atoms with van der Waals surface area (Å²) < 4.78 is 10.4. The van der Waals surface area contributed by atoms with Gasteiger partial charge in [0.15, 0.2) is 0 Å². The Morgan fingerprint density at radius 3 is 2.25 bits per heavy atom. The molecule has 4 heavy (non-hydrogen) atoms. The van der Waals surface area contributed by atoms with Crippen molar-refractivity contribution >= 4 is 7.56 Å². The Kier molecular flexibility index (Phi) is 2.16. The van der Waals surface area contributed by atoms with Crippen molar-refractivity contribution < 1.29 is 4.32 Å². The van der Waals surface area contributed by atoms with Crippen LogP contribution in [0, 0.1) is 11.2 Å². The molecule has 0 unspecified atom stereocenters. The molecular weight excluding hydrogens is 55.8 g/mol. The van der Waals surface area contributed by atoms with Crippen LogP contribution in [0.4, 0.5) is 4.32 Å². The van der Waals surface area contributed by atoms with Crippen LogP contribution in [-0.4, -0.2) is 7.56 Å². The normalized spacial score (nSPS) is 4.00. The minimum Gasteiger partial charge on any atom is -0.319 e. The van der Waals surface area contributed by atoms with Gasteiger partial charge in [-0.2, -0.15) is 0 Å². The summed E-state index contributed by atoms with van der Waals surface area (Å²) in [6.07, 6.45) is 0. The van der Waals surface area contributed by atoms with Crippen molar-refractivity contribution in [2.24, 2.45) is 0 Å². The van der Waals surface area contributed by atoms with Crippen LogP contribution >= 0.6 is 0 Å². The van der Waals surface area contributed by atoms with Crippen LogP contribution < -0.4 is 0 Å². The lowest BCUT2D eigenvalue weighted by molar-refractivity contribution is 0.885. The minimum absolute atomic E-state index is 0.875. The van der Waals surface area contributed by atoms with Gasteiger partial charge in [-0.05, 0) is 0 Å². The Morgan fingerprint density at radius 1 is 2.00 bits per heavy atom. The summed E-state index contributed by atoms with van der Waals surface area (Å²) in [6.45, 7) is 0. The third-order valence-electron chi connectivity index (χ3n) is 0.0598. The summed E-state index contributed by atoms with van der Waals surface area (Å²) in [6, 6.07) is 0. The van der Waals surface area contributed by atoms with E-state index in [0.717, 1.165) is 0 Å². The van der Waals surface area contributed by atoms with Crippen molar-refractivity contribution in [1.82, 2.24) is 0 Å². The Hall–Kier alpha value is -0.515. The fourth-order valence-corrected chi connectivity index (χ4v) is 0. The molecular formula is CHBFN. The first-order chi connectivity index (χ1) is 1.91. The van der Waals surface area contributed by atoms with Gasteiger partial charge in [0, 0.05) is 5.97 Å². The first-order valence-corrected chi connectivity index (χ1v) is 0.844.